The van der Waals surface area contributed by atoms with Crippen LogP contribution in [0.25, 0.3) is 0 Å². The summed E-state index contributed by atoms with van der Waals surface area (Å²) in [5, 5.41) is 14.4. The molecule has 310 valence electrons. The largest absolute Gasteiger partial charge is 0.493 e. The van der Waals surface area contributed by atoms with E-state index >= 15 is 0 Å². The van der Waals surface area contributed by atoms with E-state index in [1.165, 1.54) is 7.11 Å². The summed E-state index contributed by atoms with van der Waals surface area (Å²) in [4.78, 5) is 87.0. The van der Waals surface area contributed by atoms with Crippen molar-refractivity contribution in [1.82, 2.24) is 36.5 Å². The van der Waals surface area contributed by atoms with Crippen molar-refractivity contribution in [3.63, 3.8) is 0 Å². The Balaban J connectivity index is 1.34. The number of rotatable bonds is 7. The number of amides is 6. The zero-order chi connectivity index (χ0) is 41.4. The second-order valence-corrected chi connectivity index (χ2v) is 15.0. The summed E-state index contributed by atoms with van der Waals surface area (Å²) in [5.41, 5.74) is 2.05. The number of nitrogens with zero attached hydrogens (tertiary/aromatic N) is 2. The third kappa shape index (κ3) is 12.5. The van der Waals surface area contributed by atoms with Crippen LogP contribution in [0.15, 0.2) is 72.9 Å². The third-order valence-electron chi connectivity index (χ3n) is 10.4. The fourth-order valence-corrected chi connectivity index (χ4v) is 7.01. The van der Waals surface area contributed by atoms with Gasteiger partial charge in [0.2, 0.25) is 23.6 Å². The molecule has 1 saturated heterocycles. The Bertz CT molecular complexity index is 1870. The Labute approximate surface area is 339 Å². The van der Waals surface area contributed by atoms with E-state index in [1.807, 2.05) is 50.2 Å². The number of hydrogen-bond donors (Lipinski definition) is 5. The highest BCUT2D eigenvalue weighted by atomic mass is 16.5. The second kappa shape index (κ2) is 21.5. The molecule has 5 rings (SSSR count). The standard InChI is InChI=1S/C43H55N7O8/c1-28(2)38-42(55)46-22-9-13-30-16-17-35(57-3)36(26-30)58-27-37(51)45-21-10-15-32(40(53)48-34(41(54)49-38)25-29-11-5-4-6-12-29)47-39(52)31-18-23-50(24-19-31)43(56)33-14-7-8-20-44-33/h4-8,11-12,14,16-17,20,26,28,31-32,34,38H,9-10,13,15,18-19,21-25,27H2,1-3H3,(H,45,51)(H,46,55)(H,47,52)(H,48,53)(H,49,54)/t32-,34-,38+/m0/s1. The van der Waals surface area contributed by atoms with E-state index in [4.69, 9.17) is 9.47 Å². The number of methoxy groups -OCH3 is 1. The smallest absolute Gasteiger partial charge is 0.272 e. The number of benzene rings is 2. The van der Waals surface area contributed by atoms with Gasteiger partial charge in [-0.05, 0) is 79.8 Å². The van der Waals surface area contributed by atoms with Crippen molar-refractivity contribution in [3.8, 4) is 11.5 Å². The molecule has 5 N–H and O–H groups in total. The van der Waals surface area contributed by atoms with Gasteiger partial charge in [0.25, 0.3) is 11.8 Å². The topological polar surface area (TPSA) is 197 Å². The van der Waals surface area contributed by atoms with Crippen LogP contribution in [0.1, 0.15) is 67.6 Å². The number of aryl methyl sites for hydroxylation is 1. The molecular weight excluding hydrogens is 743 g/mol. The van der Waals surface area contributed by atoms with Crippen LogP contribution < -0.4 is 36.1 Å². The minimum atomic E-state index is -1.08. The quantitative estimate of drug-likeness (QED) is 0.238. The monoisotopic (exact) mass is 797 g/mol. The summed E-state index contributed by atoms with van der Waals surface area (Å²) in [6, 6.07) is 16.8. The molecule has 0 spiro atoms. The normalized spacial score (nSPS) is 20.8. The molecule has 0 radical (unpaired) electrons. The van der Waals surface area contributed by atoms with Crippen molar-refractivity contribution in [1.29, 1.82) is 0 Å². The van der Waals surface area contributed by atoms with Gasteiger partial charge in [-0.2, -0.15) is 0 Å². The molecule has 58 heavy (non-hydrogen) atoms. The van der Waals surface area contributed by atoms with E-state index in [9.17, 15) is 28.8 Å². The van der Waals surface area contributed by atoms with Crippen LogP contribution in [-0.2, 0) is 36.8 Å². The number of likely N-dealkylation sites (tertiary alicyclic amines) is 1. The van der Waals surface area contributed by atoms with Gasteiger partial charge in [-0.1, -0.05) is 56.3 Å². The Kier molecular flexibility index (Phi) is 16.0. The average Bonchev–Trinajstić information content (AvgIpc) is 3.24. The molecule has 6 amide bonds. The van der Waals surface area contributed by atoms with Crippen LogP contribution >= 0.6 is 0 Å². The van der Waals surface area contributed by atoms with Gasteiger partial charge in [-0.3, -0.25) is 33.8 Å². The number of pyridine rings is 1. The number of aromatic nitrogens is 1. The molecule has 3 aromatic rings. The highest BCUT2D eigenvalue weighted by molar-refractivity contribution is 5.95. The molecule has 0 aliphatic carbocycles. The molecular formula is C43H55N7O8. The summed E-state index contributed by atoms with van der Waals surface area (Å²) in [5.74, 6) is -2.27. The molecule has 15 heteroatoms. The first kappa shape index (κ1) is 43.1. The summed E-state index contributed by atoms with van der Waals surface area (Å²) in [6.07, 6.45) is 4.13. The van der Waals surface area contributed by atoms with Crippen LogP contribution in [0.5, 0.6) is 11.5 Å². The maximum atomic E-state index is 14.1. The summed E-state index contributed by atoms with van der Waals surface area (Å²) in [6.45, 7) is 4.62. The molecule has 1 aromatic heterocycles. The Morgan fingerprint density at radius 2 is 1.62 bits per heavy atom. The van der Waals surface area contributed by atoms with Crippen molar-refractivity contribution < 1.29 is 38.2 Å². The number of carbonyl (C=O) groups excluding carboxylic acids is 6. The van der Waals surface area contributed by atoms with Gasteiger partial charge in [0, 0.05) is 44.7 Å². The molecule has 2 bridgehead atoms. The minimum absolute atomic E-state index is 0.133. The Morgan fingerprint density at radius 3 is 2.33 bits per heavy atom. The summed E-state index contributed by atoms with van der Waals surface area (Å²) in [7, 11) is 1.51. The highest BCUT2D eigenvalue weighted by Crippen LogP contribution is 2.28. The van der Waals surface area contributed by atoms with Gasteiger partial charge < -0.3 is 41.0 Å². The van der Waals surface area contributed by atoms with Crippen molar-refractivity contribution in [2.45, 2.75) is 76.9 Å². The maximum Gasteiger partial charge on any atom is 0.272 e. The van der Waals surface area contributed by atoms with E-state index in [2.05, 4.69) is 31.6 Å². The predicted octanol–water partition coefficient (Wildman–Crippen LogP) is 2.33. The first-order valence-corrected chi connectivity index (χ1v) is 20.0. The zero-order valence-electron chi connectivity index (χ0n) is 33.5. The molecule has 3 heterocycles. The first-order valence-electron chi connectivity index (χ1n) is 20.0. The van der Waals surface area contributed by atoms with E-state index in [0.29, 0.717) is 68.9 Å². The van der Waals surface area contributed by atoms with Gasteiger partial charge in [-0.25, -0.2) is 0 Å². The number of piperidine rings is 1. The molecule has 0 saturated carbocycles. The predicted molar refractivity (Wildman–Crippen MR) is 216 cm³/mol. The van der Waals surface area contributed by atoms with Crippen LogP contribution in [0, 0.1) is 11.8 Å². The molecule has 2 aliphatic rings. The van der Waals surface area contributed by atoms with Crippen molar-refractivity contribution in [2.24, 2.45) is 11.8 Å². The number of ether oxygens (including phenoxy) is 2. The first-order chi connectivity index (χ1) is 28.0. The van der Waals surface area contributed by atoms with Gasteiger partial charge in [0.1, 0.15) is 23.8 Å². The SMILES string of the molecule is COc1ccc2cc1OCC(=O)NCCC[C@H](NC(=O)C1CCN(C(=O)c3ccccn3)CC1)C(=O)N[C@@H](Cc1ccccc1)C(=O)N[C@H](C(C)C)C(=O)NCCC2. The fraction of sp³-hybridized carbons (Fsp3) is 0.465. The third-order valence-corrected chi connectivity index (χ3v) is 10.4. The lowest BCUT2D eigenvalue weighted by atomic mass is 9.94. The van der Waals surface area contributed by atoms with Crippen molar-refractivity contribution in [3.05, 3.63) is 89.7 Å². The van der Waals surface area contributed by atoms with Gasteiger partial charge in [0.05, 0.1) is 7.11 Å². The van der Waals surface area contributed by atoms with Crippen molar-refractivity contribution >= 4 is 35.4 Å². The fourth-order valence-electron chi connectivity index (χ4n) is 7.01. The summed E-state index contributed by atoms with van der Waals surface area (Å²) >= 11 is 0. The number of fused-ring (bicyclic) bond motifs is 2. The lowest BCUT2D eigenvalue weighted by molar-refractivity contribution is -0.135. The molecule has 2 aliphatic heterocycles. The lowest BCUT2D eigenvalue weighted by Gasteiger charge is -2.32. The number of nitrogens with one attached hydrogen (secondary N) is 5. The van der Waals surface area contributed by atoms with E-state index in [1.54, 1.807) is 41.4 Å². The van der Waals surface area contributed by atoms with Crippen LogP contribution in [-0.4, -0.2) is 103 Å². The Hall–Kier alpha value is -5.99. The summed E-state index contributed by atoms with van der Waals surface area (Å²) < 4.78 is 11.3. The van der Waals surface area contributed by atoms with Gasteiger partial charge >= 0.3 is 0 Å². The van der Waals surface area contributed by atoms with Crippen LogP contribution in [0.3, 0.4) is 0 Å². The van der Waals surface area contributed by atoms with Gasteiger partial charge in [-0.15, -0.1) is 0 Å². The maximum absolute atomic E-state index is 14.1. The molecule has 2 aromatic carbocycles. The van der Waals surface area contributed by atoms with E-state index < -0.39 is 35.9 Å². The van der Waals surface area contributed by atoms with Crippen molar-refractivity contribution in [2.75, 3.05) is 39.9 Å². The van der Waals surface area contributed by atoms with Gasteiger partial charge in [0.15, 0.2) is 18.1 Å². The zero-order valence-corrected chi connectivity index (χ0v) is 33.5. The van der Waals surface area contributed by atoms with Crippen LogP contribution in [0.4, 0.5) is 0 Å². The van der Waals surface area contributed by atoms with Crippen LogP contribution in [0.2, 0.25) is 0 Å². The minimum Gasteiger partial charge on any atom is -0.493 e. The second-order valence-electron chi connectivity index (χ2n) is 15.0. The molecule has 3 atom stereocenters. The highest BCUT2D eigenvalue weighted by Gasteiger charge is 2.34. The average molecular weight is 798 g/mol. The molecule has 0 unspecified atom stereocenters. The Morgan fingerprint density at radius 1 is 0.879 bits per heavy atom. The van der Waals surface area contributed by atoms with E-state index in [0.717, 1.165) is 11.1 Å². The number of carbonyl (C=O) groups is 6. The molecule has 15 nitrogen and oxygen atoms in total. The lowest BCUT2D eigenvalue weighted by Crippen LogP contribution is -2.58. The molecule has 1 fully saturated rings. The number of hydrogen-bond acceptors (Lipinski definition) is 9. The van der Waals surface area contributed by atoms with E-state index in [-0.39, 0.29) is 55.5 Å².